The third-order valence-electron chi connectivity index (χ3n) is 4.32. The van der Waals surface area contributed by atoms with Crippen molar-refractivity contribution in [1.29, 1.82) is 0 Å². The van der Waals surface area contributed by atoms with Crippen LogP contribution in [0.25, 0.3) is 0 Å². The Hall–Kier alpha value is -3.34. The zero-order valence-corrected chi connectivity index (χ0v) is 15.9. The van der Waals surface area contributed by atoms with Gasteiger partial charge in [0.2, 0.25) is 0 Å². The van der Waals surface area contributed by atoms with E-state index in [1.807, 2.05) is 80.6 Å². The fourth-order valence-electron chi connectivity index (χ4n) is 2.77. The van der Waals surface area contributed by atoms with E-state index in [1.165, 1.54) is 5.56 Å². The highest BCUT2D eigenvalue weighted by Gasteiger charge is 2.11. The first-order valence-electron chi connectivity index (χ1n) is 8.83. The number of hydrogen-bond donors (Lipinski definition) is 1. The number of aromatic nitrogens is 1. The van der Waals surface area contributed by atoms with Gasteiger partial charge in [-0.1, -0.05) is 30.3 Å². The summed E-state index contributed by atoms with van der Waals surface area (Å²) in [6, 6.07) is 21.6. The average molecular weight is 360 g/mol. The van der Waals surface area contributed by atoms with Gasteiger partial charge in [0.1, 0.15) is 5.69 Å². The summed E-state index contributed by atoms with van der Waals surface area (Å²) in [6.45, 7) is 0.762. The van der Waals surface area contributed by atoms with E-state index in [2.05, 4.69) is 27.3 Å². The summed E-state index contributed by atoms with van der Waals surface area (Å²) in [6.07, 6.45) is 1.67. The van der Waals surface area contributed by atoms with Crippen LogP contribution in [0.3, 0.4) is 0 Å². The molecule has 3 aromatic rings. The number of rotatable bonds is 6. The van der Waals surface area contributed by atoms with Crippen LogP contribution in [-0.4, -0.2) is 32.0 Å². The number of pyridine rings is 1. The Labute approximate surface area is 160 Å². The van der Waals surface area contributed by atoms with Gasteiger partial charge < -0.3 is 15.1 Å². The fourth-order valence-corrected chi connectivity index (χ4v) is 2.77. The van der Waals surface area contributed by atoms with Crippen molar-refractivity contribution in [3.8, 4) is 0 Å². The number of carbonyl (C=O) groups is 1. The maximum atomic E-state index is 12.6. The lowest BCUT2D eigenvalue weighted by atomic mass is 10.2. The summed E-state index contributed by atoms with van der Waals surface area (Å²) in [4.78, 5) is 20.9. The predicted octanol–water partition coefficient (Wildman–Crippen LogP) is 4.04. The van der Waals surface area contributed by atoms with Gasteiger partial charge in [0, 0.05) is 50.9 Å². The van der Waals surface area contributed by atoms with Crippen LogP contribution in [0.5, 0.6) is 0 Å². The van der Waals surface area contributed by atoms with Gasteiger partial charge in [-0.15, -0.1) is 0 Å². The molecule has 0 saturated carbocycles. The summed E-state index contributed by atoms with van der Waals surface area (Å²) in [5, 5.41) is 2.90. The van der Waals surface area contributed by atoms with Gasteiger partial charge in [0.25, 0.3) is 5.91 Å². The largest absolute Gasteiger partial charge is 0.378 e. The molecule has 1 N–H and O–H groups in total. The summed E-state index contributed by atoms with van der Waals surface area (Å²) < 4.78 is 0. The van der Waals surface area contributed by atoms with Crippen molar-refractivity contribution in [2.45, 2.75) is 6.54 Å². The minimum atomic E-state index is -0.220. The van der Waals surface area contributed by atoms with E-state index in [1.54, 1.807) is 6.20 Å². The van der Waals surface area contributed by atoms with Crippen molar-refractivity contribution in [1.82, 2.24) is 4.98 Å². The van der Waals surface area contributed by atoms with Crippen molar-refractivity contribution >= 4 is 23.0 Å². The normalized spacial score (nSPS) is 10.3. The number of anilines is 3. The number of benzene rings is 2. The molecule has 0 bridgehead atoms. The number of nitrogens with zero attached hydrogens (tertiary/aromatic N) is 3. The molecule has 2 aromatic carbocycles. The van der Waals surface area contributed by atoms with Gasteiger partial charge in [-0.05, 0) is 42.0 Å². The van der Waals surface area contributed by atoms with Gasteiger partial charge in [-0.25, -0.2) is 0 Å². The topological polar surface area (TPSA) is 48.5 Å². The van der Waals surface area contributed by atoms with Crippen molar-refractivity contribution in [2.75, 3.05) is 36.3 Å². The van der Waals surface area contributed by atoms with Crippen molar-refractivity contribution in [3.05, 3.63) is 84.2 Å². The van der Waals surface area contributed by atoms with E-state index >= 15 is 0 Å². The number of hydrogen-bond acceptors (Lipinski definition) is 4. The predicted molar refractivity (Wildman–Crippen MR) is 112 cm³/mol. The zero-order valence-electron chi connectivity index (χ0n) is 15.9. The van der Waals surface area contributed by atoms with Crippen LogP contribution < -0.4 is 15.1 Å². The van der Waals surface area contributed by atoms with Gasteiger partial charge in [-0.2, -0.15) is 0 Å². The smallest absolute Gasteiger partial charge is 0.274 e. The monoisotopic (exact) mass is 360 g/mol. The highest BCUT2D eigenvalue weighted by molar-refractivity contribution is 6.03. The molecular formula is C22H24N4O. The Kier molecular flexibility index (Phi) is 5.71. The maximum Gasteiger partial charge on any atom is 0.274 e. The minimum Gasteiger partial charge on any atom is -0.378 e. The molecule has 5 heteroatoms. The quantitative estimate of drug-likeness (QED) is 0.721. The van der Waals surface area contributed by atoms with Crippen LogP contribution in [0.1, 0.15) is 16.1 Å². The molecule has 138 valence electrons. The number of nitrogens with one attached hydrogen (secondary N) is 1. The summed E-state index contributed by atoms with van der Waals surface area (Å²) in [7, 11) is 5.97. The molecule has 0 aliphatic rings. The molecule has 5 nitrogen and oxygen atoms in total. The third-order valence-corrected chi connectivity index (χ3v) is 4.32. The molecule has 0 radical (unpaired) electrons. The van der Waals surface area contributed by atoms with Crippen LogP contribution in [0.4, 0.5) is 17.1 Å². The number of amides is 1. The van der Waals surface area contributed by atoms with E-state index < -0.39 is 0 Å². The van der Waals surface area contributed by atoms with Crippen LogP contribution in [0.15, 0.2) is 72.9 Å². The van der Waals surface area contributed by atoms with Gasteiger partial charge in [0.05, 0.1) is 0 Å². The lowest BCUT2D eigenvalue weighted by Crippen LogP contribution is -2.18. The molecule has 27 heavy (non-hydrogen) atoms. The molecule has 0 aliphatic carbocycles. The second-order valence-electron chi connectivity index (χ2n) is 6.64. The first kappa shape index (κ1) is 18.5. The zero-order chi connectivity index (χ0) is 19.2. The van der Waals surface area contributed by atoms with E-state index in [9.17, 15) is 4.79 Å². The Morgan fingerprint density at radius 1 is 0.926 bits per heavy atom. The third kappa shape index (κ3) is 4.85. The Bertz CT molecular complexity index is 892. The van der Waals surface area contributed by atoms with E-state index in [0.717, 1.165) is 23.6 Å². The average Bonchev–Trinajstić information content (AvgIpc) is 2.69. The Morgan fingerprint density at radius 2 is 1.63 bits per heavy atom. The maximum absolute atomic E-state index is 12.6. The molecule has 0 atom stereocenters. The second kappa shape index (κ2) is 8.36. The molecule has 0 spiro atoms. The second-order valence-corrected chi connectivity index (χ2v) is 6.64. The summed E-state index contributed by atoms with van der Waals surface area (Å²) >= 11 is 0. The SMILES string of the molecule is CN(C)c1ccc(NC(=O)c2cc(N(C)Cc3ccccc3)ccn2)cc1. The van der Waals surface area contributed by atoms with Gasteiger partial charge in [-0.3, -0.25) is 9.78 Å². The van der Waals surface area contributed by atoms with Crippen LogP contribution in [-0.2, 0) is 6.54 Å². The first-order chi connectivity index (χ1) is 13.0. The molecule has 1 amide bonds. The lowest BCUT2D eigenvalue weighted by molar-refractivity contribution is 0.102. The van der Waals surface area contributed by atoms with Gasteiger partial charge in [0.15, 0.2) is 0 Å². The fraction of sp³-hybridized carbons (Fsp3) is 0.182. The molecular weight excluding hydrogens is 336 g/mol. The highest BCUT2D eigenvalue weighted by Crippen LogP contribution is 2.19. The van der Waals surface area contributed by atoms with Crippen LogP contribution in [0, 0.1) is 0 Å². The first-order valence-corrected chi connectivity index (χ1v) is 8.83. The van der Waals surface area contributed by atoms with E-state index in [-0.39, 0.29) is 5.91 Å². The number of carbonyl (C=O) groups excluding carboxylic acids is 1. The highest BCUT2D eigenvalue weighted by atomic mass is 16.1. The molecule has 0 aliphatic heterocycles. The van der Waals surface area contributed by atoms with E-state index in [4.69, 9.17) is 0 Å². The molecule has 0 fully saturated rings. The minimum absolute atomic E-state index is 0.220. The standard InChI is InChI=1S/C22H24N4O/c1-25(2)19-11-9-18(10-12-19)24-22(27)21-15-20(13-14-23-21)26(3)16-17-7-5-4-6-8-17/h4-15H,16H2,1-3H3,(H,24,27). The Morgan fingerprint density at radius 3 is 2.30 bits per heavy atom. The molecule has 0 saturated heterocycles. The van der Waals surface area contributed by atoms with Crippen molar-refractivity contribution < 1.29 is 4.79 Å². The van der Waals surface area contributed by atoms with E-state index in [0.29, 0.717) is 5.69 Å². The lowest BCUT2D eigenvalue weighted by Gasteiger charge is -2.19. The summed E-state index contributed by atoms with van der Waals surface area (Å²) in [5.41, 5.74) is 4.38. The summed E-state index contributed by atoms with van der Waals surface area (Å²) in [5.74, 6) is -0.220. The molecule has 1 aromatic heterocycles. The van der Waals surface area contributed by atoms with Crippen molar-refractivity contribution in [3.63, 3.8) is 0 Å². The van der Waals surface area contributed by atoms with Crippen LogP contribution in [0.2, 0.25) is 0 Å². The molecule has 0 unspecified atom stereocenters. The van der Waals surface area contributed by atoms with Gasteiger partial charge >= 0.3 is 0 Å². The Balaban J connectivity index is 1.69. The van der Waals surface area contributed by atoms with Crippen LogP contribution >= 0.6 is 0 Å². The van der Waals surface area contributed by atoms with Crippen molar-refractivity contribution in [2.24, 2.45) is 0 Å². The molecule has 3 rings (SSSR count). The molecule has 1 heterocycles.